The molecule has 2 rings (SSSR count). The van der Waals surface area contributed by atoms with Gasteiger partial charge in [-0.25, -0.2) is 0 Å². The maximum absolute atomic E-state index is 9.77. The van der Waals surface area contributed by atoms with E-state index in [1.54, 1.807) is 0 Å². The molecule has 2 unspecified atom stereocenters. The number of fused-ring (bicyclic) bond motifs is 1. The summed E-state index contributed by atoms with van der Waals surface area (Å²) in [5.74, 6) is 0. The van der Waals surface area contributed by atoms with E-state index in [2.05, 4.69) is 11.4 Å². The molecule has 0 bridgehead atoms. The van der Waals surface area contributed by atoms with Gasteiger partial charge in [0.2, 0.25) is 0 Å². The summed E-state index contributed by atoms with van der Waals surface area (Å²) in [6, 6.07) is 8.19. The first kappa shape index (κ1) is 7.77. The molecule has 2 atom stereocenters. The maximum atomic E-state index is 9.77. The molecule has 0 aromatic heterocycles. The van der Waals surface area contributed by atoms with Crippen molar-refractivity contribution >= 4 is 0 Å². The van der Waals surface area contributed by atoms with Gasteiger partial charge >= 0.3 is 0 Å². The van der Waals surface area contributed by atoms with Crippen LogP contribution in [0.2, 0.25) is 0 Å². The second kappa shape index (κ2) is 2.88. The molecule has 0 radical (unpaired) electrons. The van der Waals surface area contributed by atoms with Crippen molar-refractivity contribution in [1.29, 1.82) is 0 Å². The van der Waals surface area contributed by atoms with Crippen molar-refractivity contribution in [2.75, 3.05) is 0 Å². The summed E-state index contributed by atoms with van der Waals surface area (Å²) in [5.41, 5.74) is 2.28. The Morgan fingerprint density at radius 2 is 2.17 bits per heavy atom. The van der Waals surface area contributed by atoms with Gasteiger partial charge in [-0.3, -0.25) is 0 Å². The van der Waals surface area contributed by atoms with E-state index in [0.29, 0.717) is 0 Å². The molecule has 64 valence electrons. The maximum Gasteiger partial charge on any atom is 0.0943 e. The Hall–Kier alpha value is -0.860. The van der Waals surface area contributed by atoms with Crippen LogP contribution in [0.5, 0.6) is 0 Å². The lowest BCUT2D eigenvalue weighted by Gasteiger charge is -2.28. The number of benzene rings is 1. The molecule has 12 heavy (non-hydrogen) atoms. The molecule has 0 amide bonds. The first-order valence-electron chi connectivity index (χ1n) is 4.28. The Balaban J connectivity index is 2.42. The Morgan fingerprint density at radius 1 is 1.42 bits per heavy atom. The molecule has 0 saturated heterocycles. The quantitative estimate of drug-likeness (QED) is 0.602. The van der Waals surface area contributed by atoms with Gasteiger partial charge in [0.15, 0.2) is 0 Å². The number of aliphatic hydroxyl groups excluding tert-OH is 1. The third kappa shape index (κ3) is 1.13. The van der Waals surface area contributed by atoms with Crippen molar-refractivity contribution in [3.63, 3.8) is 0 Å². The monoisotopic (exact) mass is 163 g/mol. The Morgan fingerprint density at radius 3 is 3.00 bits per heavy atom. The van der Waals surface area contributed by atoms with Crippen molar-refractivity contribution < 1.29 is 5.11 Å². The highest BCUT2D eigenvalue weighted by molar-refractivity contribution is 5.31. The normalized spacial score (nSPS) is 28.2. The fourth-order valence-corrected chi connectivity index (χ4v) is 1.64. The average Bonchev–Trinajstić information content (AvgIpc) is 2.12. The van der Waals surface area contributed by atoms with Crippen LogP contribution in [-0.2, 0) is 6.54 Å². The van der Waals surface area contributed by atoms with Crippen LogP contribution in [0, 0.1) is 0 Å². The van der Waals surface area contributed by atoms with Crippen molar-refractivity contribution in [3.05, 3.63) is 35.4 Å². The summed E-state index contributed by atoms with van der Waals surface area (Å²) >= 11 is 0. The van der Waals surface area contributed by atoms with E-state index in [-0.39, 0.29) is 12.1 Å². The topological polar surface area (TPSA) is 32.3 Å². The van der Waals surface area contributed by atoms with Gasteiger partial charge in [-0.1, -0.05) is 24.3 Å². The molecule has 2 N–H and O–H groups in total. The van der Waals surface area contributed by atoms with E-state index in [9.17, 15) is 5.11 Å². The van der Waals surface area contributed by atoms with Crippen LogP contribution in [0.3, 0.4) is 0 Å². The molecule has 1 aromatic carbocycles. The highest BCUT2D eigenvalue weighted by atomic mass is 16.3. The van der Waals surface area contributed by atoms with Gasteiger partial charge in [0.1, 0.15) is 0 Å². The molecular formula is C10H13NO. The van der Waals surface area contributed by atoms with Crippen molar-refractivity contribution in [2.45, 2.75) is 25.6 Å². The first-order valence-corrected chi connectivity index (χ1v) is 4.28. The fraction of sp³-hybridized carbons (Fsp3) is 0.400. The minimum Gasteiger partial charge on any atom is -0.387 e. The van der Waals surface area contributed by atoms with E-state index < -0.39 is 0 Å². The Labute approximate surface area is 72.2 Å². The summed E-state index contributed by atoms with van der Waals surface area (Å²) in [7, 11) is 0. The molecule has 2 heteroatoms. The molecular weight excluding hydrogens is 150 g/mol. The SMILES string of the molecule is CC1NCc2ccccc2C1O. The number of aliphatic hydroxyl groups is 1. The van der Waals surface area contributed by atoms with Gasteiger partial charge in [-0.2, -0.15) is 0 Å². The Bertz CT molecular complexity index is 285. The predicted molar refractivity (Wildman–Crippen MR) is 47.7 cm³/mol. The average molecular weight is 163 g/mol. The number of hydrogen-bond donors (Lipinski definition) is 2. The van der Waals surface area contributed by atoms with E-state index in [1.807, 2.05) is 25.1 Å². The van der Waals surface area contributed by atoms with Crippen LogP contribution in [0.15, 0.2) is 24.3 Å². The zero-order valence-corrected chi connectivity index (χ0v) is 7.12. The summed E-state index contributed by atoms with van der Waals surface area (Å²) in [6.45, 7) is 2.87. The van der Waals surface area contributed by atoms with Gasteiger partial charge < -0.3 is 10.4 Å². The van der Waals surface area contributed by atoms with Crippen molar-refractivity contribution in [1.82, 2.24) is 5.32 Å². The molecule has 0 aliphatic carbocycles. The first-order chi connectivity index (χ1) is 5.79. The van der Waals surface area contributed by atoms with Crippen LogP contribution >= 0.6 is 0 Å². The van der Waals surface area contributed by atoms with Gasteiger partial charge in [0, 0.05) is 12.6 Å². The molecule has 1 aliphatic rings. The largest absolute Gasteiger partial charge is 0.387 e. The van der Waals surface area contributed by atoms with Gasteiger partial charge in [-0.15, -0.1) is 0 Å². The summed E-state index contributed by atoms with van der Waals surface area (Å²) in [4.78, 5) is 0. The van der Waals surface area contributed by atoms with E-state index in [4.69, 9.17) is 0 Å². The third-order valence-corrected chi connectivity index (χ3v) is 2.46. The Kier molecular flexibility index (Phi) is 1.87. The molecule has 0 saturated carbocycles. The third-order valence-electron chi connectivity index (χ3n) is 2.46. The standard InChI is InChI=1S/C10H13NO/c1-7-10(12)9-5-3-2-4-8(9)6-11-7/h2-5,7,10-12H,6H2,1H3. The molecule has 0 spiro atoms. The van der Waals surface area contributed by atoms with Crippen molar-refractivity contribution in [3.8, 4) is 0 Å². The van der Waals surface area contributed by atoms with Crippen LogP contribution in [-0.4, -0.2) is 11.1 Å². The molecule has 1 aromatic rings. The zero-order chi connectivity index (χ0) is 8.55. The minimum atomic E-state index is -0.352. The van der Waals surface area contributed by atoms with Gasteiger partial charge in [0.25, 0.3) is 0 Å². The zero-order valence-electron chi connectivity index (χ0n) is 7.12. The van der Waals surface area contributed by atoms with Crippen LogP contribution in [0.25, 0.3) is 0 Å². The van der Waals surface area contributed by atoms with Gasteiger partial charge in [0.05, 0.1) is 6.10 Å². The van der Waals surface area contributed by atoms with Crippen LogP contribution in [0.1, 0.15) is 24.2 Å². The van der Waals surface area contributed by atoms with E-state index >= 15 is 0 Å². The molecule has 2 nitrogen and oxygen atoms in total. The summed E-state index contributed by atoms with van der Waals surface area (Å²) in [6.07, 6.45) is -0.352. The smallest absolute Gasteiger partial charge is 0.0943 e. The second-order valence-corrected chi connectivity index (χ2v) is 3.31. The van der Waals surface area contributed by atoms with Gasteiger partial charge in [-0.05, 0) is 18.1 Å². The number of rotatable bonds is 0. The molecule has 1 aliphatic heterocycles. The summed E-state index contributed by atoms with van der Waals surface area (Å²) in [5, 5.41) is 13.0. The lowest BCUT2D eigenvalue weighted by molar-refractivity contribution is 0.125. The van der Waals surface area contributed by atoms with Crippen LogP contribution in [0.4, 0.5) is 0 Å². The number of hydrogen-bond acceptors (Lipinski definition) is 2. The highest BCUT2D eigenvalue weighted by Crippen LogP contribution is 2.24. The highest BCUT2D eigenvalue weighted by Gasteiger charge is 2.22. The molecule has 0 fully saturated rings. The molecule has 1 heterocycles. The fourth-order valence-electron chi connectivity index (χ4n) is 1.64. The predicted octanol–water partition coefficient (Wildman–Crippen LogP) is 1.21. The van der Waals surface area contributed by atoms with E-state index in [0.717, 1.165) is 12.1 Å². The summed E-state index contributed by atoms with van der Waals surface area (Å²) < 4.78 is 0. The van der Waals surface area contributed by atoms with Crippen molar-refractivity contribution in [2.24, 2.45) is 0 Å². The second-order valence-electron chi connectivity index (χ2n) is 3.31. The lowest BCUT2D eigenvalue weighted by atomic mass is 9.94. The van der Waals surface area contributed by atoms with E-state index in [1.165, 1.54) is 5.56 Å². The minimum absolute atomic E-state index is 0.167. The van der Waals surface area contributed by atoms with Crippen LogP contribution < -0.4 is 5.32 Å². The number of nitrogens with one attached hydrogen (secondary N) is 1. The lowest BCUT2D eigenvalue weighted by Crippen LogP contribution is -2.36.